The number of nitrogens with one attached hydrogen (secondary N) is 2. The average Bonchev–Trinajstić information content (AvgIpc) is 3.19. The molecule has 0 aliphatic carbocycles. The Hall–Kier alpha value is -1.92. The van der Waals surface area contributed by atoms with Crippen LogP contribution in [-0.2, 0) is 11.2 Å². The van der Waals surface area contributed by atoms with Crippen LogP contribution < -0.4 is 5.32 Å². The number of piperidine rings is 3. The Morgan fingerprint density at radius 2 is 2.06 bits per heavy atom. The van der Waals surface area contributed by atoms with E-state index in [2.05, 4.69) is 32.1 Å². The Balaban J connectivity index is 1.07. The minimum absolute atomic E-state index is 0.176. The van der Waals surface area contributed by atoms with Crippen molar-refractivity contribution in [2.45, 2.75) is 63.5 Å². The van der Waals surface area contributed by atoms with Gasteiger partial charge in [-0.3, -0.25) is 9.69 Å². The second kappa shape index (κ2) is 9.29. The molecule has 2 N–H and O–H groups in total. The molecule has 2 aromatic rings. The van der Waals surface area contributed by atoms with E-state index < -0.39 is 0 Å². The first-order valence-electron chi connectivity index (χ1n) is 12.3. The third-order valence-corrected chi connectivity index (χ3v) is 7.96. The number of amides is 1. The molecule has 168 valence electrons. The first-order chi connectivity index (χ1) is 15.2. The highest BCUT2D eigenvalue weighted by atomic mass is 16.1. The van der Waals surface area contributed by atoms with E-state index in [1.165, 1.54) is 45.3 Å². The van der Waals surface area contributed by atoms with Gasteiger partial charge in [-0.15, -0.1) is 0 Å². The number of aromatic amines is 1. The number of carbonyl (C=O) groups is 1. The van der Waals surface area contributed by atoms with Crippen molar-refractivity contribution in [2.75, 3.05) is 33.2 Å². The Labute approximate surface area is 185 Å². The van der Waals surface area contributed by atoms with E-state index in [1.807, 2.05) is 24.3 Å². The third kappa shape index (κ3) is 4.51. The molecule has 0 spiro atoms. The molecule has 6 nitrogen and oxygen atoms in total. The van der Waals surface area contributed by atoms with Crippen LogP contribution in [0.5, 0.6) is 0 Å². The summed E-state index contributed by atoms with van der Waals surface area (Å²) in [5.41, 5.74) is 2.05. The summed E-state index contributed by atoms with van der Waals surface area (Å²) in [5.74, 6) is 2.78. The summed E-state index contributed by atoms with van der Waals surface area (Å²) in [6.45, 7) is 4.50. The highest BCUT2D eigenvalue weighted by Gasteiger charge is 2.47. The van der Waals surface area contributed by atoms with Crippen LogP contribution >= 0.6 is 0 Å². The number of imidazole rings is 1. The van der Waals surface area contributed by atoms with Crippen molar-refractivity contribution < 1.29 is 4.79 Å². The largest absolute Gasteiger partial charge is 0.356 e. The lowest BCUT2D eigenvalue weighted by atomic mass is 9.69. The standard InChI is InChI=1S/C25H37N5O/c1-29-17-18-7-5-15-30-16-6-8-19(25(18)30)22(29)11-4-12-24(31)26-14-13-23-27-20-9-2-3-10-21(20)28-23/h2-3,9-10,18-19,22,25H,4-8,11-17H2,1H3,(H,26,31)(H,27,28)/t18-,19+,22+,25-/m0/s1. The van der Waals surface area contributed by atoms with E-state index in [-0.39, 0.29) is 5.91 Å². The van der Waals surface area contributed by atoms with Gasteiger partial charge in [-0.05, 0) is 82.6 Å². The lowest BCUT2D eigenvalue weighted by molar-refractivity contribution is -0.121. The molecule has 0 bridgehead atoms. The molecule has 3 aliphatic rings. The number of H-pyrrole nitrogens is 1. The summed E-state index contributed by atoms with van der Waals surface area (Å²) < 4.78 is 0. The molecule has 1 aromatic carbocycles. The summed E-state index contributed by atoms with van der Waals surface area (Å²) in [5, 5.41) is 3.09. The van der Waals surface area contributed by atoms with Crippen LogP contribution in [0.4, 0.5) is 0 Å². The van der Waals surface area contributed by atoms with Gasteiger partial charge in [0.25, 0.3) is 0 Å². The number of rotatable bonds is 7. The predicted molar refractivity (Wildman–Crippen MR) is 124 cm³/mol. The minimum Gasteiger partial charge on any atom is -0.356 e. The van der Waals surface area contributed by atoms with Crippen LogP contribution in [0.25, 0.3) is 11.0 Å². The van der Waals surface area contributed by atoms with Gasteiger partial charge in [0, 0.05) is 38.0 Å². The van der Waals surface area contributed by atoms with E-state index in [9.17, 15) is 4.79 Å². The Morgan fingerprint density at radius 3 is 2.94 bits per heavy atom. The Kier molecular flexibility index (Phi) is 6.28. The molecule has 0 radical (unpaired) electrons. The summed E-state index contributed by atoms with van der Waals surface area (Å²) in [7, 11) is 2.32. The summed E-state index contributed by atoms with van der Waals surface area (Å²) in [4.78, 5) is 25.7. The highest BCUT2D eigenvalue weighted by Crippen LogP contribution is 2.42. The maximum Gasteiger partial charge on any atom is 0.220 e. The molecule has 5 rings (SSSR count). The van der Waals surface area contributed by atoms with Gasteiger partial charge in [-0.25, -0.2) is 4.98 Å². The van der Waals surface area contributed by atoms with Crippen LogP contribution in [-0.4, -0.2) is 71.0 Å². The van der Waals surface area contributed by atoms with E-state index in [0.29, 0.717) is 19.0 Å². The smallest absolute Gasteiger partial charge is 0.220 e. The number of nitrogens with zero attached hydrogens (tertiary/aromatic N) is 3. The summed E-state index contributed by atoms with van der Waals surface area (Å²) in [6, 6.07) is 9.50. The highest BCUT2D eigenvalue weighted by molar-refractivity contribution is 5.76. The molecule has 6 heteroatoms. The quantitative estimate of drug-likeness (QED) is 0.718. The molecule has 1 aromatic heterocycles. The van der Waals surface area contributed by atoms with Gasteiger partial charge in [-0.2, -0.15) is 0 Å². The van der Waals surface area contributed by atoms with Crippen molar-refractivity contribution in [2.24, 2.45) is 11.8 Å². The van der Waals surface area contributed by atoms with Crippen LogP contribution in [0.1, 0.15) is 50.8 Å². The van der Waals surface area contributed by atoms with Gasteiger partial charge in [0.05, 0.1) is 11.0 Å². The van der Waals surface area contributed by atoms with Crippen LogP contribution in [0.15, 0.2) is 24.3 Å². The lowest BCUT2D eigenvalue weighted by Crippen LogP contribution is -2.63. The first-order valence-corrected chi connectivity index (χ1v) is 12.3. The van der Waals surface area contributed by atoms with E-state index in [0.717, 1.165) is 54.0 Å². The van der Waals surface area contributed by atoms with Crippen molar-refractivity contribution in [3.05, 3.63) is 30.1 Å². The zero-order valence-corrected chi connectivity index (χ0v) is 18.9. The summed E-state index contributed by atoms with van der Waals surface area (Å²) in [6.07, 6.45) is 9.01. The molecule has 4 atom stereocenters. The van der Waals surface area contributed by atoms with Crippen molar-refractivity contribution in [3.63, 3.8) is 0 Å². The van der Waals surface area contributed by atoms with E-state index in [4.69, 9.17) is 0 Å². The molecular weight excluding hydrogens is 386 g/mol. The maximum atomic E-state index is 12.4. The van der Waals surface area contributed by atoms with Crippen LogP contribution in [0.2, 0.25) is 0 Å². The zero-order chi connectivity index (χ0) is 21.2. The Morgan fingerprint density at radius 1 is 1.23 bits per heavy atom. The molecule has 1 amide bonds. The Bertz CT molecular complexity index is 860. The van der Waals surface area contributed by atoms with Crippen molar-refractivity contribution in [1.29, 1.82) is 0 Å². The molecule has 0 saturated carbocycles. The minimum atomic E-state index is 0.176. The number of benzene rings is 1. The lowest BCUT2D eigenvalue weighted by Gasteiger charge is -2.57. The van der Waals surface area contributed by atoms with Gasteiger partial charge in [0.1, 0.15) is 5.82 Å². The van der Waals surface area contributed by atoms with Gasteiger partial charge in [-0.1, -0.05) is 12.1 Å². The van der Waals surface area contributed by atoms with Crippen LogP contribution in [0, 0.1) is 11.8 Å². The molecule has 4 heterocycles. The molecule has 3 aliphatic heterocycles. The maximum absolute atomic E-state index is 12.4. The molecule has 3 saturated heterocycles. The molecule has 0 unspecified atom stereocenters. The number of para-hydroxylation sites is 2. The fraction of sp³-hybridized carbons (Fsp3) is 0.680. The second-order valence-corrected chi connectivity index (χ2v) is 9.93. The first kappa shape index (κ1) is 21.0. The number of hydrogen-bond acceptors (Lipinski definition) is 4. The van der Waals surface area contributed by atoms with Gasteiger partial charge in [0.2, 0.25) is 5.91 Å². The molecular formula is C25H37N5O. The fourth-order valence-corrected chi connectivity index (χ4v) is 6.65. The van der Waals surface area contributed by atoms with Crippen molar-refractivity contribution >= 4 is 16.9 Å². The topological polar surface area (TPSA) is 64.3 Å². The zero-order valence-electron chi connectivity index (χ0n) is 18.9. The monoisotopic (exact) mass is 423 g/mol. The number of carbonyl (C=O) groups excluding carboxylic acids is 1. The van der Waals surface area contributed by atoms with Gasteiger partial charge >= 0.3 is 0 Å². The number of fused-ring (bicyclic) bond motifs is 1. The third-order valence-electron chi connectivity index (χ3n) is 7.96. The van der Waals surface area contributed by atoms with Gasteiger partial charge < -0.3 is 15.2 Å². The number of hydrogen-bond donors (Lipinski definition) is 2. The van der Waals surface area contributed by atoms with E-state index in [1.54, 1.807) is 0 Å². The number of likely N-dealkylation sites (tertiary alicyclic amines) is 1. The van der Waals surface area contributed by atoms with E-state index >= 15 is 0 Å². The molecule has 3 fully saturated rings. The fourth-order valence-electron chi connectivity index (χ4n) is 6.65. The predicted octanol–water partition coefficient (Wildman–Crippen LogP) is 3.20. The average molecular weight is 424 g/mol. The van der Waals surface area contributed by atoms with Gasteiger partial charge in [0.15, 0.2) is 0 Å². The second-order valence-electron chi connectivity index (χ2n) is 9.93. The van der Waals surface area contributed by atoms with Crippen molar-refractivity contribution in [3.8, 4) is 0 Å². The van der Waals surface area contributed by atoms with Crippen molar-refractivity contribution in [1.82, 2.24) is 25.1 Å². The SMILES string of the molecule is CN1C[C@@H]2CCCN3CCC[C@@H]([C@H]23)[C@H]1CCCC(=O)NCCc1nc2ccccc2[nH]1. The number of aromatic nitrogens is 2. The van der Waals surface area contributed by atoms with Crippen LogP contribution in [0.3, 0.4) is 0 Å². The summed E-state index contributed by atoms with van der Waals surface area (Å²) >= 11 is 0. The normalized spacial score (nSPS) is 29.1. The molecule has 31 heavy (non-hydrogen) atoms.